The molecule has 0 spiro atoms. The summed E-state index contributed by atoms with van der Waals surface area (Å²) in [4.78, 5) is 0. The van der Waals surface area contributed by atoms with Gasteiger partial charge in [0.05, 0.1) is 6.10 Å². The van der Waals surface area contributed by atoms with Crippen LogP contribution in [-0.2, 0) is 4.43 Å². The summed E-state index contributed by atoms with van der Waals surface area (Å²) in [5.41, 5.74) is 1.08. The van der Waals surface area contributed by atoms with Crippen molar-refractivity contribution in [3.05, 3.63) is 12.7 Å². The maximum absolute atomic E-state index is 7.12. The van der Waals surface area contributed by atoms with Crippen LogP contribution < -0.4 is 0 Å². The van der Waals surface area contributed by atoms with Crippen molar-refractivity contribution in [1.29, 1.82) is 0 Å². The smallest absolute Gasteiger partial charge is 0.192 e. The van der Waals surface area contributed by atoms with E-state index < -0.39 is 8.32 Å². The normalized spacial score (nSPS) is 43.2. The van der Waals surface area contributed by atoms with E-state index in [2.05, 4.69) is 81.1 Å². The largest absolute Gasteiger partial charge is 0.413 e. The van der Waals surface area contributed by atoms with Gasteiger partial charge >= 0.3 is 0 Å². The van der Waals surface area contributed by atoms with Gasteiger partial charge < -0.3 is 4.43 Å². The molecule has 10 atom stereocenters. The maximum Gasteiger partial charge on any atom is 0.192 e. The standard InChI is InChI=1S/C35H64OSi/c1-12-26-29-17-16-27-30-19-18-28(25(4)15-13-14-24(2)3)34(30,8)22-20-31(27)35(29,9)23-21-32(26)36-37(10,11)33(5,6)7/h12,24-32H,1,13-23H2,2-11H3/t25-,26+,27+,28-,29+,30+,31+,32-,34-,35+/m1/s1. The lowest BCUT2D eigenvalue weighted by molar-refractivity contribution is -0.142. The van der Waals surface area contributed by atoms with Crippen LogP contribution in [0, 0.1) is 58.2 Å². The molecule has 0 saturated heterocycles. The topological polar surface area (TPSA) is 9.23 Å². The average Bonchev–Trinajstić information content (AvgIpc) is 3.15. The highest BCUT2D eigenvalue weighted by Gasteiger charge is 2.62. The molecule has 4 saturated carbocycles. The zero-order valence-electron chi connectivity index (χ0n) is 26.7. The lowest BCUT2D eigenvalue weighted by atomic mass is 9.43. The molecule has 0 aromatic rings. The second kappa shape index (κ2) is 10.7. The van der Waals surface area contributed by atoms with E-state index in [1.165, 1.54) is 70.6 Å². The van der Waals surface area contributed by atoms with Crippen molar-refractivity contribution in [2.24, 2.45) is 58.2 Å². The molecule has 0 aromatic carbocycles. The molecule has 0 radical (unpaired) electrons. The molecule has 214 valence electrons. The van der Waals surface area contributed by atoms with Crippen LogP contribution in [0.25, 0.3) is 0 Å². The second-order valence-corrected chi connectivity index (χ2v) is 21.6. The van der Waals surface area contributed by atoms with E-state index in [1.807, 2.05) is 0 Å². The molecule has 0 bridgehead atoms. The van der Waals surface area contributed by atoms with E-state index in [1.54, 1.807) is 0 Å². The van der Waals surface area contributed by atoms with Gasteiger partial charge in [0.15, 0.2) is 8.32 Å². The molecule has 1 nitrogen and oxygen atoms in total. The summed E-state index contributed by atoms with van der Waals surface area (Å²) >= 11 is 0. The van der Waals surface area contributed by atoms with Crippen molar-refractivity contribution >= 4 is 8.32 Å². The van der Waals surface area contributed by atoms with Crippen molar-refractivity contribution < 1.29 is 4.43 Å². The van der Waals surface area contributed by atoms with Crippen molar-refractivity contribution in [2.75, 3.05) is 0 Å². The Morgan fingerprint density at radius 1 is 0.865 bits per heavy atom. The van der Waals surface area contributed by atoms with E-state index in [-0.39, 0.29) is 5.04 Å². The maximum atomic E-state index is 7.12. The molecule has 4 aliphatic carbocycles. The van der Waals surface area contributed by atoms with Crippen LogP contribution in [0.1, 0.15) is 126 Å². The lowest BCUT2D eigenvalue weighted by Crippen LogP contribution is -2.58. The van der Waals surface area contributed by atoms with Gasteiger partial charge in [-0.2, -0.15) is 0 Å². The second-order valence-electron chi connectivity index (χ2n) is 16.9. The van der Waals surface area contributed by atoms with Crippen molar-refractivity contribution in [3.8, 4) is 0 Å². The zero-order chi connectivity index (χ0) is 27.4. The van der Waals surface area contributed by atoms with Gasteiger partial charge in [-0.25, -0.2) is 0 Å². The Hall–Kier alpha value is -0.0831. The number of rotatable bonds is 8. The molecule has 0 amide bonds. The first kappa shape index (κ1) is 29.9. The fourth-order valence-electron chi connectivity index (χ4n) is 10.4. The predicted molar refractivity (Wildman–Crippen MR) is 164 cm³/mol. The fourth-order valence-corrected chi connectivity index (χ4v) is 11.8. The third kappa shape index (κ3) is 5.35. The van der Waals surface area contributed by atoms with Crippen LogP contribution in [0.4, 0.5) is 0 Å². The number of hydrogen-bond acceptors (Lipinski definition) is 1. The fraction of sp³-hybridized carbons (Fsp3) is 0.943. The van der Waals surface area contributed by atoms with Gasteiger partial charge in [-0.15, -0.1) is 6.58 Å². The molecular formula is C35H64OSi. The zero-order valence-corrected chi connectivity index (χ0v) is 27.7. The minimum absolute atomic E-state index is 0.274. The average molecular weight is 529 g/mol. The van der Waals surface area contributed by atoms with Crippen LogP contribution in [0.15, 0.2) is 12.7 Å². The summed E-state index contributed by atoms with van der Waals surface area (Å²) in [5, 5.41) is 0.274. The minimum atomic E-state index is -1.78. The summed E-state index contributed by atoms with van der Waals surface area (Å²) in [6, 6.07) is 0. The van der Waals surface area contributed by atoms with E-state index in [0.29, 0.717) is 22.9 Å². The van der Waals surface area contributed by atoms with E-state index in [4.69, 9.17) is 4.43 Å². The third-order valence-corrected chi connectivity index (χ3v) is 18.0. The summed E-state index contributed by atoms with van der Waals surface area (Å²) in [5.74, 6) is 6.91. The Kier molecular flexibility index (Phi) is 8.66. The molecule has 0 unspecified atom stereocenters. The first-order valence-corrected chi connectivity index (χ1v) is 19.4. The van der Waals surface area contributed by atoms with Gasteiger partial charge in [0.1, 0.15) is 0 Å². The third-order valence-electron chi connectivity index (χ3n) is 13.5. The van der Waals surface area contributed by atoms with Crippen LogP contribution in [0.2, 0.25) is 18.1 Å². The molecule has 0 aliphatic heterocycles. The van der Waals surface area contributed by atoms with Crippen LogP contribution in [0.5, 0.6) is 0 Å². The van der Waals surface area contributed by atoms with Gasteiger partial charge in [0, 0.05) is 5.92 Å². The minimum Gasteiger partial charge on any atom is -0.413 e. The SMILES string of the molecule is C=C[C@@H]1[C@H](O[Si](C)(C)C(C)(C)C)CC[C@@]2(C)[C@H]1CC[C@@H]1[C@@H]2CC[C@]2(C)[C@@H]([C@H](C)CCCC(C)C)CC[C@@H]12. The molecule has 0 heterocycles. The highest BCUT2D eigenvalue weighted by atomic mass is 28.4. The summed E-state index contributed by atoms with van der Waals surface area (Å²) in [7, 11) is -1.78. The molecule has 0 N–H and O–H groups in total. The summed E-state index contributed by atoms with van der Waals surface area (Å²) < 4.78 is 7.12. The van der Waals surface area contributed by atoms with Crippen LogP contribution in [-0.4, -0.2) is 14.4 Å². The molecule has 2 heteroatoms. The molecule has 4 aliphatic rings. The number of fused-ring (bicyclic) bond motifs is 5. The number of hydrogen-bond donors (Lipinski definition) is 0. The molecular weight excluding hydrogens is 464 g/mol. The Bertz CT molecular complexity index is 794. The van der Waals surface area contributed by atoms with Gasteiger partial charge in [-0.1, -0.05) is 80.7 Å². The highest BCUT2D eigenvalue weighted by Crippen LogP contribution is 2.69. The molecule has 4 fully saturated rings. The quantitative estimate of drug-likeness (QED) is 0.225. The molecule has 37 heavy (non-hydrogen) atoms. The monoisotopic (exact) mass is 528 g/mol. The predicted octanol–water partition coefficient (Wildman–Crippen LogP) is 10.9. The van der Waals surface area contributed by atoms with E-state index >= 15 is 0 Å². The first-order chi connectivity index (χ1) is 17.2. The van der Waals surface area contributed by atoms with Crippen molar-refractivity contribution in [2.45, 2.75) is 150 Å². The van der Waals surface area contributed by atoms with Crippen molar-refractivity contribution in [3.63, 3.8) is 0 Å². The Morgan fingerprint density at radius 2 is 1.49 bits per heavy atom. The van der Waals surface area contributed by atoms with E-state index in [9.17, 15) is 0 Å². The van der Waals surface area contributed by atoms with Crippen molar-refractivity contribution in [1.82, 2.24) is 0 Å². The molecule has 0 aromatic heterocycles. The van der Waals surface area contributed by atoms with Crippen LogP contribution in [0.3, 0.4) is 0 Å². The first-order valence-electron chi connectivity index (χ1n) is 16.5. The van der Waals surface area contributed by atoms with Gasteiger partial charge in [-0.05, 0) is 122 Å². The van der Waals surface area contributed by atoms with E-state index in [0.717, 1.165) is 41.4 Å². The summed E-state index contributed by atoms with van der Waals surface area (Å²) in [6.07, 6.45) is 18.5. The van der Waals surface area contributed by atoms with Gasteiger partial charge in [-0.3, -0.25) is 0 Å². The lowest BCUT2D eigenvalue weighted by Gasteiger charge is -2.63. The Morgan fingerprint density at radius 3 is 2.11 bits per heavy atom. The van der Waals surface area contributed by atoms with Gasteiger partial charge in [0.25, 0.3) is 0 Å². The van der Waals surface area contributed by atoms with Crippen LogP contribution >= 0.6 is 0 Å². The highest BCUT2D eigenvalue weighted by molar-refractivity contribution is 6.74. The molecule has 4 rings (SSSR count). The summed E-state index contributed by atoms with van der Waals surface area (Å²) in [6.45, 7) is 29.3. The Balaban J connectivity index is 1.48. The van der Waals surface area contributed by atoms with Gasteiger partial charge in [0.2, 0.25) is 0 Å². The Labute approximate surface area is 233 Å².